The van der Waals surface area contributed by atoms with Crippen LogP contribution >= 0.6 is 0 Å². The van der Waals surface area contributed by atoms with Gasteiger partial charge in [0.2, 0.25) is 15.9 Å². The standard InChI is InChI=1S/C21H25N3O4S/c25-20(17-22-13-15-28-16-14-22)23-11-12-24(21(23)18-7-3-1-4-8-18)29(26,27)19-9-5-2-6-10-19/h1-10,21H,11-17H2/t21-/m0/s1. The maximum Gasteiger partial charge on any atom is 0.245 e. The number of morpholine rings is 1. The van der Waals surface area contributed by atoms with E-state index in [0.717, 1.165) is 5.56 Å². The van der Waals surface area contributed by atoms with Gasteiger partial charge in [-0.3, -0.25) is 9.69 Å². The van der Waals surface area contributed by atoms with Crippen molar-refractivity contribution in [2.75, 3.05) is 45.9 Å². The van der Waals surface area contributed by atoms with Gasteiger partial charge in [0, 0.05) is 26.2 Å². The molecular weight excluding hydrogens is 390 g/mol. The summed E-state index contributed by atoms with van der Waals surface area (Å²) in [4.78, 5) is 17.1. The molecule has 2 aromatic rings. The Morgan fingerprint density at radius 1 is 0.897 bits per heavy atom. The fourth-order valence-electron chi connectivity index (χ4n) is 3.86. The highest BCUT2D eigenvalue weighted by Crippen LogP contribution is 2.35. The summed E-state index contributed by atoms with van der Waals surface area (Å²) < 4.78 is 33.5. The highest BCUT2D eigenvalue weighted by atomic mass is 32.2. The van der Waals surface area contributed by atoms with Crippen LogP contribution in [0.1, 0.15) is 11.7 Å². The lowest BCUT2D eigenvalue weighted by Crippen LogP contribution is -2.45. The normalized spacial score (nSPS) is 21.4. The topological polar surface area (TPSA) is 70.2 Å². The molecule has 2 heterocycles. The molecule has 0 aliphatic carbocycles. The molecule has 2 aromatic carbocycles. The Hall–Kier alpha value is -2.26. The zero-order valence-corrected chi connectivity index (χ0v) is 17.0. The maximum atomic E-state index is 13.3. The first-order valence-corrected chi connectivity index (χ1v) is 11.2. The fourth-order valence-corrected chi connectivity index (χ4v) is 5.45. The Labute approximate surface area is 171 Å². The quantitative estimate of drug-likeness (QED) is 0.741. The van der Waals surface area contributed by atoms with E-state index in [0.29, 0.717) is 32.8 Å². The molecule has 0 N–H and O–H groups in total. The largest absolute Gasteiger partial charge is 0.379 e. The van der Waals surface area contributed by atoms with E-state index < -0.39 is 16.2 Å². The molecular formula is C21H25N3O4S. The molecule has 29 heavy (non-hydrogen) atoms. The Balaban J connectivity index is 1.63. The van der Waals surface area contributed by atoms with Gasteiger partial charge in [0.1, 0.15) is 6.17 Å². The molecule has 0 spiro atoms. The van der Waals surface area contributed by atoms with E-state index >= 15 is 0 Å². The second-order valence-electron chi connectivity index (χ2n) is 7.19. The predicted molar refractivity (Wildman–Crippen MR) is 108 cm³/mol. The van der Waals surface area contributed by atoms with Crippen LogP contribution < -0.4 is 0 Å². The van der Waals surface area contributed by atoms with Gasteiger partial charge in [-0.2, -0.15) is 4.31 Å². The molecule has 154 valence electrons. The minimum absolute atomic E-state index is 0.0634. The minimum Gasteiger partial charge on any atom is -0.379 e. The first-order chi connectivity index (χ1) is 14.1. The van der Waals surface area contributed by atoms with Crippen molar-refractivity contribution in [3.8, 4) is 0 Å². The predicted octanol–water partition coefficient (Wildman–Crippen LogP) is 1.55. The minimum atomic E-state index is -3.73. The van der Waals surface area contributed by atoms with Gasteiger partial charge in [-0.1, -0.05) is 48.5 Å². The molecule has 2 aliphatic heterocycles. The second-order valence-corrected chi connectivity index (χ2v) is 9.08. The van der Waals surface area contributed by atoms with Gasteiger partial charge >= 0.3 is 0 Å². The molecule has 4 rings (SSSR count). The molecule has 0 unspecified atom stereocenters. The van der Waals surface area contributed by atoms with E-state index in [-0.39, 0.29) is 23.9 Å². The fraction of sp³-hybridized carbons (Fsp3) is 0.381. The van der Waals surface area contributed by atoms with E-state index in [2.05, 4.69) is 4.90 Å². The third-order valence-electron chi connectivity index (χ3n) is 5.36. The summed E-state index contributed by atoms with van der Waals surface area (Å²) >= 11 is 0. The Morgan fingerprint density at radius 3 is 2.17 bits per heavy atom. The Bertz CT molecular complexity index is 931. The Kier molecular flexibility index (Phi) is 5.96. The smallest absolute Gasteiger partial charge is 0.245 e. The number of ether oxygens (including phenoxy) is 1. The van der Waals surface area contributed by atoms with Gasteiger partial charge < -0.3 is 9.64 Å². The van der Waals surface area contributed by atoms with Gasteiger partial charge in [0.05, 0.1) is 24.7 Å². The molecule has 1 amide bonds. The van der Waals surface area contributed by atoms with E-state index in [9.17, 15) is 13.2 Å². The third kappa shape index (κ3) is 4.20. The van der Waals surface area contributed by atoms with Gasteiger partial charge in [-0.15, -0.1) is 0 Å². The molecule has 8 heteroatoms. The average Bonchev–Trinajstić information content (AvgIpc) is 3.22. The lowest BCUT2D eigenvalue weighted by Gasteiger charge is -2.32. The second kappa shape index (κ2) is 8.62. The van der Waals surface area contributed by atoms with Gasteiger partial charge in [0.25, 0.3) is 0 Å². The van der Waals surface area contributed by atoms with E-state index in [4.69, 9.17) is 4.74 Å². The van der Waals surface area contributed by atoms with Crippen LogP contribution in [-0.2, 0) is 19.6 Å². The van der Waals surface area contributed by atoms with Crippen LogP contribution in [0.25, 0.3) is 0 Å². The summed E-state index contributed by atoms with van der Waals surface area (Å²) in [5, 5.41) is 0. The molecule has 0 saturated carbocycles. The summed E-state index contributed by atoms with van der Waals surface area (Å²) in [7, 11) is -3.73. The van der Waals surface area contributed by atoms with Gasteiger partial charge in [-0.05, 0) is 17.7 Å². The van der Waals surface area contributed by atoms with Crippen molar-refractivity contribution in [2.24, 2.45) is 0 Å². The monoisotopic (exact) mass is 415 g/mol. The van der Waals surface area contributed by atoms with Crippen LogP contribution in [0.5, 0.6) is 0 Å². The molecule has 2 aliphatic rings. The number of carbonyl (C=O) groups excluding carboxylic acids is 1. The van der Waals surface area contributed by atoms with Crippen molar-refractivity contribution < 1.29 is 17.9 Å². The van der Waals surface area contributed by atoms with Crippen LogP contribution in [0.15, 0.2) is 65.6 Å². The van der Waals surface area contributed by atoms with Gasteiger partial charge in [0.15, 0.2) is 0 Å². The van der Waals surface area contributed by atoms with Crippen molar-refractivity contribution in [3.05, 3.63) is 66.2 Å². The molecule has 1 atom stereocenters. The summed E-state index contributed by atoms with van der Waals surface area (Å²) in [6.07, 6.45) is -0.644. The highest BCUT2D eigenvalue weighted by molar-refractivity contribution is 7.89. The SMILES string of the molecule is O=C(CN1CCOCC1)N1CCN(S(=O)(=O)c2ccccc2)[C@H]1c1ccccc1. The summed E-state index contributed by atoms with van der Waals surface area (Å²) in [5.74, 6) is -0.0634. The lowest BCUT2D eigenvalue weighted by molar-refractivity contribution is -0.135. The molecule has 2 fully saturated rings. The summed E-state index contributed by atoms with van der Waals surface area (Å²) in [5.41, 5.74) is 0.792. The van der Waals surface area contributed by atoms with Gasteiger partial charge in [-0.25, -0.2) is 8.42 Å². The number of hydrogen-bond acceptors (Lipinski definition) is 5. The Morgan fingerprint density at radius 2 is 1.52 bits per heavy atom. The van der Waals surface area contributed by atoms with Crippen molar-refractivity contribution in [1.29, 1.82) is 0 Å². The molecule has 0 bridgehead atoms. The van der Waals surface area contributed by atoms with Crippen molar-refractivity contribution in [3.63, 3.8) is 0 Å². The number of hydrogen-bond donors (Lipinski definition) is 0. The maximum absolute atomic E-state index is 13.3. The first kappa shape index (κ1) is 20.0. The average molecular weight is 416 g/mol. The van der Waals surface area contributed by atoms with Crippen molar-refractivity contribution >= 4 is 15.9 Å². The summed E-state index contributed by atoms with van der Waals surface area (Å²) in [6, 6.07) is 17.8. The van der Waals surface area contributed by atoms with Crippen LogP contribution in [-0.4, -0.2) is 74.4 Å². The van der Waals surface area contributed by atoms with Crippen LogP contribution in [0.3, 0.4) is 0 Å². The highest BCUT2D eigenvalue weighted by Gasteiger charge is 2.43. The molecule has 0 radical (unpaired) electrons. The van der Waals surface area contributed by atoms with E-state index in [1.165, 1.54) is 4.31 Å². The number of carbonyl (C=O) groups is 1. The van der Waals surface area contributed by atoms with Crippen LogP contribution in [0, 0.1) is 0 Å². The first-order valence-electron chi connectivity index (χ1n) is 9.79. The van der Waals surface area contributed by atoms with Crippen molar-refractivity contribution in [2.45, 2.75) is 11.1 Å². The number of nitrogens with zero attached hydrogens (tertiary/aromatic N) is 3. The summed E-state index contributed by atoms with van der Waals surface area (Å²) in [6.45, 7) is 3.56. The molecule has 7 nitrogen and oxygen atoms in total. The zero-order chi connectivity index (χ0) is 20.3. The number of benzene rings is 2. The molecule has 0 aromatic heterocycles. The van der Waals surface area contributed by atoms with Crippen molar-refractivity contribution in [1.82, 2.24) is 14.1 Å². The third-order valence-corrected chi connectivity index (χ3v) is 7.23. The van der Waals surface area contributed by atoms with E-state index in [1.54, 1.807) is 35.2 Å². The van der Waals surface area contributed by atoms with Crippen LogP contribution in [0.4, 0.5) is 0 Å². The number of sulfonamides is 1. The lowest BCUT2D eigenvalue weighted by atomic mass is 10.1. The number of amides is 1. The van der Waals surface area contributed by atoms with Crippen LogP contribution in [0.2, 0.25) is 0 Å². The molecule has 2 saturated heterocycles. The van der Waals surface area contributed by atoms with E-state index in [1.807, 2.05) is 30.3 Å². The zero-order valence-electron chi connectivity index (χ0n) is 16.2. The number of rotatable bonds is 5.